The molecule has 7 heteroatoms. The molecule has 0 aliphatic heterocycles. The molecule has 0 aliphatic carbocycles. The minimum atomic E-state index is -0.309. The molecule has 0 bridgehead atoms. The lowest BCUT2D eigenvalue weighted by molar-refractivity contribution is -0.133. The van der Waals surface area contributed by atoms with Crippen LogP contribution in [0.1, 0.15) is 44.9 Å². The lowest BCUT2D eigenvalue weighted by Crippen LogP contribution is -2.46. The number of nitrogens with one attached hydrogen (secondary N) is 1. The van der Waals surface area contributed by atoms with Gasteiger partial charge in [0, 0.05) is 44.8 Å². The van der Waals surface area contributed by atoms with E-state index in [9.17, 15) is 9.59 Å². The van der Waals surface area contributed by atoms with Crippen molar-refractivity contribution in [3.63, 3.8) is 0 Å². The van der Waals surface area contributed by atoms with Gasteiger partial charge in [0.25, 0.3) is 0 Å². The third-order valence-corrected chi connectivity index (χ3v) is 5.35. The second kappa shape index (κ2) is 12.3. The molecular weight excluding hydrogens is 404 g/mol. The van der Waals surface area contributed by atoms with Crippen molar-refractivity contribution >= 4 is 17.6 Å². The van der Waals surface area contributed by atoms with E-state index in [1.807, 2.05) is 59.1 Å². The average molecular weight is 443 g/mol. The Balaban J connectivity index is 2.10. The van der Waals surface area contributed by atoms with Crippen LogP contribution in [0.25, 0.3) is 0 Å². The van der Waals surface area contributed by atoms with E-state index < -0.39 is 0 Å². The fraction of sp³-hybridized carbons (Fsp3) is 0.520. The molecule has 0 saturated heterocycles. The summed E-state index contributed by atoms with van der Waals surface area (Å²) in [6, 6.07) is 11.5. The molecule has 2 rings (SSSR count). The molecule has 1 N–H and O–H groups in total. The van der Waals surface area contributed by atoms with Gasteiger partial charge < -0.3 is 24.4 Å². The van der Waals surface area contributed by atoms with E-state index in [-0.39, 0.29) is 18.5 Å². The molecule has 2 aromatic rings. The molecule has 0 fully saturated rings. The summed E-state index contributed by atoms with van der Waals surface area (Å²) in [6.45, 7) is 10.2. The zero-order chi connectivity index (χ0) is 23.7. The molecule has 0 spiro atoms. The molecule has 0 unspecified atom stereocenters. The van der Waals surface area contributed by atoms with Gasteiger partial charge in [-0.05, 0) is 41.7 Å². The molecule has 1 heterocycles. The van der Waals surface area contributed by atoms with E-state index in [1.54, 1.807) is 7.11 Å². The summed E-state index contributed by atoms with van der Waals surface area (Å²) in [4.78, 5) is 29.5. The van der Waals surface area contributed by atoms with Crippen LogP contribution in [0.3, 0.4) is 0 Å². The normalized spacial score (nSPS) is 11.1. The topological polar surface area (TPSA) is 66.8 Å². The average Bonchev–Trinajstić information content (AvgIpc) is 3.14. The van der Waals surface area contributed by atoms with Gasteiger partial charge in [0.2, 0.25) is 5.91 Å². The second-order valence-electron chi connectivity index (χ2n) is 8.90. The number of nitrogens with zero attached hydrogens (tertiary/aromatic N) is 3. The summed E-state index contributed by atoms with van der Waals surface area (Å²) in [7, 11) is 3.55. The molecule has 1 aromatic heterocycles. The number of ether oxygens (including phenoxy) is 1. The molecule has 32 heavy (non-hydrogen) atoms. The predicted octanol–water partition coefficient (Wildman–Crippen LogP) is 4.31. The Kier molecular flexibility index (Phi) is 9.78. The summed E-state index contributed by atoms with van der Waals surface area (Å²) in [5, 5.41) is 2.91. The van der Waals surface area contributed by atoms with Crippen molar-refractivity contribution in [2.24, 2.45) is 13.0 Å². The smallest absolute Gasteiger partial charge is 0.322 e. The first-order valence-electron chi connectivity index (χ1n) is 11.2. The molecule has 0 radical (unpaired) electrons. The number of carbonyl (C=O) groups is 2. The standard InChI is InChI=1S/C25H38N4O3/c1-19(2)16-29(17-23-8-7-13-27(23)5)24(30)18-28(14-15-32-6)25(31)26-22-11-9-21(10-12-22)20(3)4/h7-13,19-20H,14-18H2,1-6H3,(H,26,31). The Morgan fingerprint density at radius 3 is 2.28 bits per heavy atom. The van der Waals surface area contributed by atoms with Gasteiger partial charge in [-0.3, -0.25) is 4.79 Å². The van der Waals surface area contributed by atoms with Crippen LogP contribution in [-0.2, 0) is 23.1 Å². The highest BCUT2D eigenvalue weighted by atomic mass is 16.5. The molecular formula is C25H38N4O3. The Hall–Kier alpha value is -2.80. The number of hydrogen-bond donors (Lipinski definition) is 1. The first-order valence-corrected chi connectivity index (χ1v) is 11.2. The third-order valence-electron chi connectivity index (χ3n) is 5.35. The monoisotopic (exact) mass is 442 g/mol. The van der Waals surface area contributed by atoms with Gasteiger partial charge in [0.1, 0.15) is 6.54 Å². The largest absolute Gasteiger partial charge is 0.383 e. The fourth-order valence-electron chi connectivity index (χ4n) is 3.42. The molecule has 7 nitrogen and oxygen atoms in total. The SMILES string of the molecule is COCCN(CC(=O)N(Cc1cccn1C)CC(C)C)C(=O)Nc1ccc(C(C)C)cc1. The minimum absolute atomic E-state index is 0.00356. The lowest BCUT2D eigenvalue weighted by Gasteiger charge is -2.29. The van der Waals surface area contributed by atoms with E-state index in [0.717, 1.165) is 5.69 Å². The van der Waals surface area contributed by atoms with Crippen molar-refractivity contribution in [1.82, 2.24) is 14.4 Å². The number of aryl methyl sites for hydroxylation is 1. The molecule has 176 valence electrons. The number of hydrogen-bond acceptors (Lipinski definition) is 3. The first kappa shape index (κ1) is 25.5. The van der Waals surface area contributed by atoms with E-state index in [1.165, 1.54) is 10.5 Å². The van der Waals surface area contributed by atoms with E-state index in [0.29, 0.717) is 43.8 Å². The molecule has 0 saturated carbocycles. The van der Waals surface area contributed by atoms with Crippen molar-refractivity contribution in [1.29, 1.82) is 0 Å². The van der Waals surface area contributed by atoms with Gasteiger partial charge in [-0.2, -0.15) is 0 Å². The van der Waals surface area contributed by atoms with Gasteiger partial charge in [-0.1, -0.05) is 39.8 Å². The number of anilines is 1. The lowest BCUT2D eigenvalue weighted by atomic mass is 10.0. The van der Waals surface area contributed by atoms with E-state index in [4.69, 9.17) is 4.74 Å². The van der Waals surface area contributed by atoms with Crippen LogP contribution in [-0.4, -0.2) is 59.7 Å². The zero-order valence-corrected chi connectivity index (χ0v) is 20.3. The summed E-state index contributed by atoms with van der Waals surface area (Å²) in [6.07, 6.45) is 1.97. The van der Waals surface area contributed by atoms with Gasteiger partial charge in [0.05, 0.1) is 13.2 Å². The number of urea groups is 1. The van der Waals surface area contributed by atoms with Crippen LogP contribution in [0, 0.1) is 5.92 Å². The highest BCUT2D eigenvalue weighted by molar-refractivity contribution is 5.92. The molecule has 1 aromatic carbocycles. The highest BCUT2D eigenvalue weighted by Crippen LogP contribution is 2.17. The number of amides is 3. The molecule has 0 atom stereocenters. The maximum absolute atomic E-state index is 13.2. The number of rotatable bonds is 11. The summed E-state index contributed by atoms with van der Waals surface area (Å²) >= 11 is 0. The Bertz CT molecular complexity index is 858. The summed E-state index contributed by atoms with van der Waals surface area (Å²) in [5.41, 5.74) is 2.97. The first-order chi connectivity index (χ1) is 15.2. The Morgan fingerprint density at radius 2 is 1.75 bits per heavy atom. The maximum Gasteiger partial charge on any atom is 0.322 e. The van der Waals surface area contributed by atoms with Crippen molar-refractivity contribution in [3.8, 4) is 0 Å². The molecule has 3 amide bonds. The van der Waals surface area contributed by atoms with Crippen molar-refractivity contribution in [2.45, 2.75) is 40.2 Å². The quantitative estimate of drug-likeness (QED) is 0.564. The zero-order valence-electron chi connectivity index (χ0n) is 20.3. The van der Waals surface area contributed by atoms with E-state index >= 15 is 0 Å². The van der Waals surface area contributed by atoms with Gasteiger partial charge in [0.15, 0.2) is 0 Å². The van der Waals surface area contributed by atoms with Gasteiger partial charge in [-0.25, -0.2) is 4.79 Å². The minimum Gasteiger partial charge on any atom is -0.383 e. The van der Waals surface area contributed by atoms with Crippen molar-refractivity contribution in [2.75, 3.05) is 38.7 Å². The predicted molar refractivity (Wildman–Crippen MR) is 129 cm³/mol. The van der Waals surface area contributed by atoms with Crippen LogP contribution in [0.2, 0.25) is 0 Å². The fourth-order valence-corrected chi connectivity index (χ4v) is 3.42. The Labute approximate surface area is 192 Å². The number of carbonyl (C=O) groups excluding carboxylic acids is 2. The molecule has 0 aliphatic rings. The Morgan fingerprint density at radius 1 is 1.06 bits per heavy atom. The van der Waals surface area contributed by atoms with Crippen LogP contribution in [0.5, 0.6) is 0 Å². The summed E-state index contributed by atoms with van der Waals surface area (Å²) in [5.74, 6) is 0.660. The van der Waals surface area contributed by atoms with Crippen molar-refractivity contribution in [3.05, 3.63) is 53.9 Å². The number of benzene rings is 1. The van der Waals surface area contributed by atoms with Gasteiger partial charge in [-0.15, -0.1) is 0 Å². The van der Waals surface area contributed by atoms with Gasteiger partial charge >= 0.3 is 6.03 Å². The number of methoxy groups -OCH3 is 1. The van der Waals surface area contributed by atoms with E-state index in [2.05, 4.69) is 33.0 Å². The van der Waals surface area contributed by atoms with Crippen LogP contribution < -0.4 is 5.32 Å². The highest BCUT2D eigenvalue weighted by Gasteiger charge is 2.23. The number of aromatic nitrogens is 1. The van der Waals surface area contributed by atoms with Crippen molar-refractivity contribution < 1.29 is 14.3 Å². The maximum atomic E-state index is 13.2. The van der Waals surface area contributed by atoms with Crippen LogP contribution in [0.4, 0.5) is 10.5 Å². The third kappa shape index (κ3) is 7.71. The van der Waals surface area contributed by atoms with Crippen LogP contribution in [0.15, 0.2) is 42.6 Å². The second-order valence-corrected chi connectivity index (χ2v) is 8.90. The summed E-state index contributed by atoms with van der Waals surface area (Å²) < 4.78 is 7.18. The van der Waals surface area contributed by atoms with Crippen LogP contribution >= 0.6 is 0 Å².